The van der Waals surface area contributed by atoms with Crippen LogP contribution in [-0.4, -0.2) is 18.2 Å². The lowest BCUT2D eigenvalue weighted by molar-refractivity contribution is -0.137. The molecule has 1 aliphatic heterocycles. The van der Waals surface area contributed by atoms with E-state index in [1.54, 1.807) is 0 Å². The molecule has 3 nitrogen and oxygen atoms in total. The predicted octanol–water partition coefficient (Wildman–Crippen LogP) is 2.66. The molecule has 18 heavy (non-hydrogen) atoms. The summed E-state index contributed by atoms with van der Waals surface area (Å²) >= 11 is 5.60. The maximum atomic E-state index is 12.6. The van der Waals surface area contributed by atoms with Crippen molar-refractivity contribution in [3.63, 3.8) is 0 Å². The van der Waals surface area contributed by atoms with Gasteiger partial charge in [0, 0.05) is 10.7 Å². The monoisotopic (exact) mass is 277 g/mol. The summed E-state index contributed by atoms with van der Waals surface area (Å²) in [5.74, 6) is -0.844. The van der Waals surface area contributed by atoms with Gasteiger partial charge in [-0.3, -0.25) is 9.59 Å². The number of anilines is 1. The summed E-state index contributed by atoms with van der Waals surface area (Å²) < 4.78 is 37.7. The molecule has 0 bridgehead atoms. The van der Waals surface area contributed by atoms with E-state index in [-0.39, 0.29) is 29.5 Å². The number of carbonyl (C=O) groups is 2. The van der Waals surface area contributed by atoms with Crippen LogP contribution in [0.1, 0.15) is 12.0 Å². The molecule has 0 N–H and O–H groups in total. The quantitative estimate of drug-likeness (QED) is 0.740. The van der Waals surface area contributed by atoms with Crippen LogP contribution in [0, 0.1) is 0 Å². The number of benzene rings is 1. The van der Waals surface area contributed by atoms with Crippen LogP contribution in [0.3, 0.4) is 0 Å². The van der Waals surface area contributed by atoms with Crippen molar-refractivity contribution >= 4 is 29.0 Å². The lowest BCUT2D eigenvalue weighted by Gasteiger charge is -2.17. The van der Waals surface area contributed by atoms with Gasteiger partial charge in [-0.25, -0.2) is 0 Å². The number of hydrogen-bond acceptors (Lipinski definition) is 2. The van der Waals surface area contributed by atoms with Gasteiger partial charge in [-0.2, -0.15) is 13.2 Å². The van der Waals surface area contributed by atoms with Crippen LogP contribution in [0.2, 0.25) is 5.02 Å². The van der Waals surface area contributed by atoms with E-state index in [9.17, 15) is 22.8 Å². The predicted molar refractivity (Wildman–Crippen MR) is 58.4 cm³/mol. The molecule has 1 aromatic rings. The number of hydrogen-bond donors (Lipinski definition) is 0. The SMILES string of the molecule is O=C1CC(=O)N(c2cc(Cl)cc(C(F)(F)F)c2)C1. The van der Waals surface area contributed by atoms with Crippen LogP contribution in [0.4, 0.5) is 18.9 Å². The zero-order chi connectivity index (χ0) is 13.5. The van der Waals surface area contributed by atoms with Crippen molar-refractivity contribution < 1.29 is 22.8 Å². The maximum Gasteiger partial charge on any atom is 0.416 e. The normalized spacial score (nSPS) is 16.6. The number of rotatable bonds is 1. The molecule has 1 fully saturated rings. The molecular formula is C11H7ClF3NO2. The molecule has 1 aliphatic rings. The van der Waals surface area contributed by atoms with E-state index < -0.39 is 17.6 Å². The van der Waals surface area contributed by atoms with Gasteiger partial charge in [-0.1, -0.05) is 11.6 Å². The third-order valence-electron chi connectivity index (χ3n) is 2.51. The summed E-state index contributed by atoms with van der Waals surface area (Å²) in [6.07, 6.45) is -4.83. The summed E-state index contributed by atoms with van der Waals surface area (Å²) in [5.41, 5.74) is -0.956. The molecule has 0 atom stereocenters. The van der Waals surface area contributed by atoms with Crippen molar-refractivity contribution in [2.45, 2.75) is 12.6 Å². The van der Waals surface area contributed by atoms with Crippen molar-refractivity contribution in [2.24, 2.45) is 0 Å². The third-order valence-corrected chi connectivity index (χ3v) is 2.72. The lowest BCUT2D eigenvalue weighted by atomic mass is 10.2. The number of halogens is 4. The standard InChI is InChI=1S/C11H7ClF3NO2/c12-7-1-6(11(13,14)15)2-8(3-7)16-5-9(17)4-10(16)18/h1-3H,4-5H2. The smallest absolute Gasteiger partial charge is 0.305 e. The first-order chi connectivity index (χ1) is 8.27. The zero-order valence-electron chi connectivity index (χ0n) is 8.92. The lowest BCUT2D eigenvalue weighted by Crippen LogP contribution is -2.25. The van der Waals surface area contributed by atoms with E-state index in [0.29, 0.717) is 0 Å². The molecule has 1 amide bonds. The largest absolute Gasteiger partial charge is 0.416 e. The number of alkyl halides is 3. The van der Waals surface area contributed by atoms with Crippen molar-refractivity contribution in [1.29, 1.82) is 0 Å². The Morgan fingerprint density at radius 3 is 2.33 bits per heavy atom. The highest BCUT2D eigenvalue weighted by molar-refractivity contribution is 6.31. The first kappa shape index (κ1) is 12.9. The van der Waals surface area contributed by atoms with Crippen LogP contribution in [0.25, 0.3) is 0 Å². The molecule has 0 saturated carbocycles. The van der Waals surface area contributed by atoms with Gasteiger partial charge in [-0.15, -0.1) is 0 Å². The van der Waals surface area contributed by atoms with E-state index in [4.69, 9.17) is 11.6 Å². The van der Waals surface area contributed by atoms with E-state index in [0.717, 1.165) is 17.0 Å². The van der Waals surface area contributed by atoms with Gasteiger partial charge in [-0.05, 0) is 18.2 Å². The molecule has 0 unspecified atom stereocenters. The van der Waals surface area contributed by atoms with E-state index >= 15 is 0 Å². The topological polar surface area (TPSA) is 37.4 Å². The second-order valence-corrected chi connectivity index (χ2v) is 4.33. The molecular weight excluding hydrogens is 271 g/mol. The molecule has 1 saturated heterocycles. The molecule has 0 aromatic heterocycles. The van der Waals surface area contributed by atoms with Crippen LogP contribution in [0.5, 0.6) is 0 Å². The molecule has 0 aliphatic carbocycles. The Labute approximate surface area is 105 Å². The summed E-state index contributed by atoms with van der Waals surface area (Å²) in [5, 5.41) is -0.132. The number of carbonyl (C=O) groups excluding carboxylic acids is 2. The minimum Gasteiger partial charge on any atom is -0.305 e. The average molecular weight is 278 g/mol. The molecule has 1 aromatic carbocycles. The molecule has 7 heteroatoms. The van der Waals surface area contributed by atoms with E-state index in [1.165, 1.54) is 6.07 Å². The molecule has 96 valence electrons. The second kappa shape index (κ2) is 4.28. The van der Waals surface area contributed by atoms with Crippen molar-refractivity contribution in [3.8, 4) is 0 Å². The van der Waals surface area contributed by atoms with Gasteiger partial charge in [0.1, 0.15) is 0 Å². The van der Waals surface area contributed by atoms with Gasteiger partial charge < -0.3 is 4.90 Å². The summed E-state index contributed by atoms with van der Waals surface area (Å²) in [7, 11) is 0. The zero-order valence-corrected chi connectivity index (χ0v) is 9.68. The summed E-state index contributed by atoms with van der Waals surface area (Å²) in [6.45, 7) is -0.212. The maximum absolute atomic E-state index is 12.6. The number of ketones is 1. The Morgan fingerprint density at radius 1 is 1.17 bits per heavy atom. The van der Waals surface area contributed by atoms with Gasteiger partial charge in [0.15, 0.2) is 5.78 Å². The van der Waals surface area contributed by atoms with Gasteiger partial charge >= 0.3 is 6.18 Å². The van der Waals surface area contributed by atoms with Gasteiger partial charge in [0.25, 0.3) is 0 Å². The fourth-order valence-electron chi connectivity index (χ4n) is 1.71. The highest BCUT2D eigenvalue weighted by Crippen LogP contribution is 2.35. The molecule has 0 spiro atoms. The average Bonchev–Trinajstić information content (AvgIpc) is 2.55. The first-order valence-electron chi connectivity index (χ1n) is 4.97. The Hall–Kier alpha value is -1.56. The Kier molecular flexibility index (Phi) is 3.06. The highest BCUT2D eigenvalue weighted by Gasteiger charge is 2.34. The minimum absolute atomic E-state index is 0.00863. The number of Topliss-reactive ketones (excluding diaryl/α,β-unsaturated/α-hetero) is 1. The number of nitrogens with zero attached hydrogens (tertiary/aromatic N) is 1. The van der Waals surface area contributed by atoms with Crippen LogP contribution < -0.4 is 4.90 Å². The fourth-order valence-corrected chi connectivity index (χ4v) is 1.94. The highest BCUT2D eigenvalue weighted by atomic mass is 35.5. The summed E-state index contributed by atoms with van der Waals surface area (Å²) in [4.78, 5) is 23.5. The van der Waals surface area contributed by atoms with Crippen molar-refractivity contribution in [2.75, 3.05) is 11.4 Å². The van der Waals surface area contributed by atoms with E-state index in [1.807, 2.05) is 0 Å². The minimum atomic E-state index is -4.55. The third kappa shape index (κ3) is 2.48. The molecule has 1 heterocycles. The van der Waals surface area contributed by atoms with Crippen molar-refractivity contribution in [1.82, 2.24) is 0 Å². The van der Waals surface area contributed by atoms with Gasteiger partial charge in [0.05, 0.1) is 18.5 Å². The van der Waals surface area contributed by atoms with Crippen LogP contribution in [0.15, 0.2) is 18.2 Å². The van der Waals surface area contributed by atoms with Gasteiger partial charge in [0.2, 0.25) is 5.91 Å². The van der Waals surface area contributed by atoms with Crippen LogP contribution in [-0.2, 0) is 15.8 Å². The molecule has 2 rings (SSSR count). The van der Waals surface area contributed by atoms with E-state index in [2.05, 4.69) is 0 Å². The molecule has 0 radical (unpaired) electrons. The van der Waals surface area contributed by atoms with Crippen molar-refractivity contribution in [3.05, 3.63) is 28.8 Å². The Balaban J connectivity index is 2.43. The number of amides is 1. The first-order valence-corrected chi connectivity index (χ1v) is 5.35. The fraction of sp³-hybridized carbons (Fsp3) is 0.273. The second-order valence-electron chi connectivity index (χ2n) is 3.89. The Morgan fingerprint density at radius 2 is 1.83 bits per heavy atom. The summed E-state index contributed by atoms with van der Waals surface area (Å²) in [6, 6.07) is 2.81. The Bertz CT molecular complexity index is 528. The van der Waals surface area contributed by atoms with Crippen LogP contribution >= 0.6 is 11.6 Å².